The van der Waals surface area contributed by atoms with Crippen molar-refractivity contribution in [3.05, 3.63) is 77.6 Å². The lowest BCUT2D eigenvalue weighted by atomic mass is 9.97. The molecule has 26 heavy (non-hydrogen) atoms. The molecule has 3 aromatic carbocycles. The monoisotopic (exact) mass is 350 g/mol. The van der Waals surface area contributed by atoms with E-state index < -0.39 is 0 Å². The first-order valence-corrected chi connectivity index (χ1v) is 8.23. The van der Waals surface area contributed by atoms with Crippen molar-refractivity contribution in [2.75, 3.05) is 7.11 Å². The number of hydrazone groups is 1. The molecule has 0 spiro atoms. The normalized spacial score (nSPS) is 12.3. The van der Waals surface area contributed by atoms with E-state index in [1.165, 1.54) is 18.3 Å². The Labute approximate surface area is 151 Å². The van der Waals surface area contributed by atoms with Crippen LogP contribution in [0.2, 0.25) is 0 Å². The van der Waals surface area contributed by atoms with Gasteiger partial charge in [-0.15, -0.1) is 0 Å². The summed E-state index contributed by atoms with van der Waals surface area (Å²) in [6.45, 7) is 1.83. The third-order valence-electron chi connectivity index (χ3n) is 4.22. The molecule has 3 rings (SSSR count). The lowest BCUT2D eigenvalue weighted by Gasteiger charge is -2.11. The molecule has 0 bridgehead atoms. The highest BCUT2D eigenvalue weighted by atomic mass is 19.1. The molecule has 0 aliphatic carbocycles. The first-order chi connectivity index (χ1) is 12.6. The summed E-state index contributed by atoms with van der Waals surface area (Å²) >= 11 is 0. The van der Waals surface area contributed by atoms with Crippen molar-refractivity contribution < 1.29 is 13.9 Å². The van der Waals surface area contributed by atoms with E-state index in [1.807, 2.05) is 43.3 Å². The Morgan fingerprint density at radius 3 is 2.50 bits per heavy atom. The number of ether oxygens (including phenoxy) is 1. The van der Waals surface area contributed by atoms with E-state index >= 15 is 0 Å². The molecular weight excluding hydrogens is 331 g/mol. The van der Waals surface area contributed by atoms with E-state index in [1.54, 1.807) is 19.2 Å². The number of hydrogen-bond donors (Lipinski definition) is 1. The van der Waals surface area contributed by atoms with Crippen LogP contribution >= 0.6 is 0 Å². The summed E-state index contributed by atoms with van der Waals surface area (Å²) in [5.74, 6) is -0.0806. The molecule has 1 atom stereocenters. The molecular formula is C21H19FN2O2. The third kappa shape index (κ3) is 4.06. The van der Waals surface area contributed by atoms with Gasteiger partial charge in [0.05, 0.1) is 19.2 Å². The van der Waals surface area contributed by atoms with Gasteiger partial charge in [0.25, 0.3) is 0 Å². The highest BCUT2D eigenvalue weighted by Gasteiger charge is 2.15. The van der Waals surface area contributed by atoms with Crippen LogP contribution in [-0.2, 0) is 4.79 Å². The highest BCUT2D eigenvalue weighted by Crippen LogP contribution is 2.25. The Bertz CT molecular complexity index is 952. The van der Waals surface area contributed by atoms with Crippen LogP contribution in [0.1, 0.15) is 24.0 Å². The molecule has 0 aromatic heterocycles. The molecule has 0 saturated heterocycles. The van der Waals surface area contributed by atoms with Crippen LogP contribution in [0.5, 0.6) is 5.75 Å². The van der Waals surface area contributed by atoms with Crippen molar-refractivity contribution in [1.82, 2.24) is 5.43 Å². The maximum atomic E-state index is 12.9. The lowest BCUT2D eigenvalue weighted by molar-refractivity contribution is -0.122. The predicted octanol–water partition coefficient (Wildman–Crippen LogP) is 4.24. The summed E-state index contributed by atoms with van der Waals surface area (Å²) in [6, 6.07) is 17.6. The Kier molecular flexibility index (Phi) is 5.27. The minimum absolute atomic E-state index is 0.212. The van der Waals surface area contributed by atoms with Gasteiger partial charge in [-0.1, -0.05) is 36.4 Å². The molecule has 3 aromatic rings. The third-order valence-corrected chi connectivity index (χ3v) is 4.22. The van der Waals surface area contributed by atoms with Gasteiger partial charge in [-0.3, -0.25) is 4.79 Å². The molecule has 1 amide bonds. The summed E-state index contributed by atoms with van der Waals surface area (Å²) in [6.07, 6.45) is 1.48. The van der Waals surface area contributed by atoms with Gasteiger partial charge < -0.3 is 4.74 Å². The van der Waals surface area contributed by atoms with Crippen LogP contribution < -0.4 is 10.2 Å². The quantitative estimate of drug-likeness (QED) is 0.553. The molecule has 5 heteroatoms. The fraction of sp³-hybridized carbons (Fsp3) is 0.143. The van der Waals surface area contributed by atoms with Crippen LogP contribution in [0, 0.1) is 5.82 Å². The van der Waals surface area contributed by atoms with E-state index in [-0.39, 0.29) is 17.6 Å². The summed E-state index contributed by atoms with van der Waals surface area (Å²) in [7, 11) is 1.63. The summed E-state index contributed by atoms with van der Waals surface area (Å²) in [5, 5.41) is 6.03. The van der Waals surface area contributed by atoms with Gasteiger partial charge >= 0.3 is 0 Å². The zero-order valence-corrected chi connectivity index (χ0v) is 14.6. The number of carbonyl (C=O) groups is 1. The van der Waals surface area contributed by atoms with Crippen LogP contribution in [-0.4, -0.2) is 19.2 Å². The van der Waals surface area contributed by atoms with Crippen LogP contribution in [0.4, 0.5) is 4.39 Å². The minimum Gasteiger partial charge on any atom is -0.497 e. The molecule has 132 valence electrons. The number of hydrogen-bond acceptors (Lipinski definition) is 3. The number of amides is 1. The maximum Gasteiger partial charge on any atom is 0.247 e. The Morgan fingerprint density at radius 1 is 1.08 bits per heavy atom. The van der Waals surface area contributed by atoms with E-state index in [2.05, 4.69) is 10.5 Å². The van der Waals surface area contributed by atoms with Gasteiger partial charge in [0.2, 0.25) is 5.91 Å². The topological polar surface area (TPSA) is 50.7 Å². The van der Waals surface area contributed by atoms with Crippen LogP contribution in [0.15, 0.2) is 65.8 Å². The molecule has 1 N–H and O–H groups in total. The van der Waals surface area contributed by atoms with Crippen molar-refractivity contribution >= 4 is 22.9 Å². The smallest absolute Gasteiger partial charge is 0.247 e. The van der Waals surface area contributed by atoms with E-state index in [9.17, 15) is 9.18 Å². The number of halogens is 1. The average molecular weight is 350 g/mol. The molecule has 0 heterocycles. The summed E-state index contributed by atoms with van der Waals surface area (Å²) < 4.78 is 18.1. The Balaban J connectivity index is 1.69. The molecule has 0 radical (unpaired) electrons. The van der Waals surface area contributed by atoms with Gasteiger partial charge in [-0.05, 0) is 53.1 Å². The summed E-state index contributed by atoms with van der Waals surface area (Å²) in [5.41, 5.74) is 4.13. The van der Waals surface area contributed by atoms with E-state index in [0.29, 0.717) is 5.56 Å². The SMILES string of the molecule is COc1ccc2cc(C(C)C(=O)N/N=C/c3ccc(F)cc3)ccc2c1. The fourth-order valence-corrected chi connectivity index (χ4v) is 2.61. The van der Waals surface area contributed by atoms with Crippen molar-refractivity contribution in [3.8, 4) is 5.75 Å². The molecule has 0 aliphatic heterocycles. The Hall–Kier alpha value is -3.21. The minimum atomic E-state index is -0.355. The Morgan fingerprint density at radius 2 is 1.77 bits per heavy atom. The molecule has 0 fully saturated rings. The second-order valence-electron chi connectivity index (χ2n) is 5.98. The number of fused-ring (bicyclic) bond motifs is 1. The standard InChI is InChI=1S/C21H19FN2O2/c1-14(21(25)24-23-13-15-3-8-19(22)9-4-15)16-5-6-18-12-20(26-2)10-7-17(18)11-16/h3-14H,1-2H3,(H,24,25)/b23-13+. The number of nitrogens with one attached hydrogen (secondary N) is 1. The number of rotatable bonds is 5. The average Bonchev–Trinajstić information content (AvgIpc) is 2.68. The lowest BCUT2D eigenvalue weighted by Crippen LogP contribution is -2.23. The van der Waals surface area contributed by atoms with Crippen molar-refractivity contribution in [2.45, 2.75) is 12.8 Å². The number of methoxy groups -OCH3 is 1. The largest absolute Gasteiger partial charge is 0.497 e. The van der Waals surface area contributed by atoms with Crippen molar-refractivity contribution in [1.29, 1.82) is 0 Å². The van der Waals surface area contributed by atoms with Crippen LogP contribution in [0.25, 0.3) is 10.8 Å². The van der Waals surface area contributed by atoms with Gasteiger partial charge in [-0.25, -0.2) is 9.82 Å². The number of nitrogens with zero attached hydrogens (tertiary/aromatic N) is 1. The number of benzene rings is 3. The van der Waals surface area contributed by atoms with Gasteiger partial charge in [0, 0.05) is 0 Å². The first kappa shape index (κ1) is 17.6. The molecule has 4 nitrogen and oxygen atoms in total. The van der Waals surface area contributed by atoms with E-state index in [4.69, 9.17) is 4.74 Å². The van der Waals surface area contributed by atoms with Crippen molar-refractivity contribution in [3.63, 3.8) is 0 Å². The van der Waals surface area contributed by atoms with Gasteiger partial charge in [-0.2, -0.15) is 5.10 Å². The van der Waals surface area contributed by atoms with Crippen molar-refractivity contribution in [2.24, 2.45) is 5.10 Å². The first-order valence-electron chi connectivity index (χ1n) is 8.23. The second-order valence-corrected chi connectivity index (χ2v) is 5.98. The molecule has 1 unspecified atom stereocenters. The van der Waals surface area contributed by atoms with Crippen LogP contribution in [0.3, 0.4) is 0 Å². The second kappa shape index (κ2) is 7.78. The molecule has 0 saturated carbocycles. The summed E-state index contributed by atoms with van der Waals surface area (Å²) in [4.78, 5) is 12.3. The number of carbonyl (C=O) groups excluding carboxylic acids is 1. The maximum absolute atomic E-state index is 12.9. The van der Waals surface area contributed by atoms with E-state index in [0.717, 1.165) is 22.1 Å². The van der Waals surface area contributed by atoms with Gasteiger partial charge in [0.1, 0.15) is 11.6 Å². The molecule has 0 aliphatic rings. The zero-order valence-electron chi connectivity index (χ0n) is 14.6. The van der Waals surface area contributed by atoms with Gasteiger partial charge in [0.15, 0.2) is 0 Å². The zero-order chi connectivity index (χ0) is 18.5. The highest BCUT2D eigenvalue weighted by molar-refractivity contribution is 5.89. The predicted molar refractivity (Wildman–Crippen MR) is 101 cm³/mol. The fourth-order valence-electron chi connectivity index (χ4n) is 2.61.